The molecule has 1 amide bonds. The third-order valence-electron chi connectivity index (χ3n) is 5.99. The van der Waals surface area contributed by atoms with Crippen LogP contribution in [0.15, 0.2) is 78.9 Å². The summed E-state index contributed by atoms with van der Waals surface area (Å²) in [6, 6.07) is 19.8. The first-order valence-electron chi connectivity index (χ1n) is 10.9. The summed E-state index contributed by atoms with van der Waals surface area (Å²) in [6.45, 7) is 0.961. The van der Waals surface area contributed by atoms with Gasteiger partial charge in [0.15, 0.2) is 0 Å². The standard InChI is InChI=1S/C26H24F4N2O2/c1-17(18-6-3-2-4-7-18)31-23-15-24(19-8-5-9-22(14-19)34-16-27)32(25(23)33)21-12-10-20(11-13-21)26(28,29)30/h2-14,17,23-24,31H,15-16H2,1H3/t17-,23-,24-/m1/s1/i27-1. The number of rotatable bonds is 7. The van der Waals surface area contributed by atoms with E-state index in [0.717, 1.165) is 17.7 Å². The molecular formula is C26H24F4N2O2. The summed E-state index contributed by atoms with van der Waals surface area (Å²) in [4.78, 5) is 15.0. The van der Waals surface area contributed by atoms with Crippen molar-refractivity contribution < 1.29 is 27.1 Å². The normalized spacial score (nSPS) is 19.3. The molecule has 1 aliphatic heterocycles. The van der Waals surface area contributed by atoms with Crippen LogP contribution in [0, 0.1) is 0 Å². The van der Waals surface area contributed by atoms with Gasteiger partial charge in [-0.3, -0.25) is 10.1 Å². The molecule has 3 aromatic rings. The van der Waals surface area contributed by atoms with Gasteiger partial charge in [-0.25, -0.2) is 4.39 Å². The molecule has 0 bridgehead atoms. The van der Waals surface area contributed by atoms with Gasteiger partial charge < -0.3 is 9.64 Å². The fourth-order valence-electron chi connectivity index (χ4n) is 4.31. The molecule has 3 aromatic carbocycles. The fourth-order valence-corrected chi connectivity index (χ4v) is 4.31. The maximum absolute atomic E-state index is 13.5. The monoisotopic (exact) mass is 471 g/mol. The van der Waals surface area contributed by atoms with Crippen LogP contribution in [-0.4, -0.2) is 18.8 Å². The summed E-state index contributed by atoms with van der Waals surface area (Å²) in [5, 5.41) is 3.36. The molecule has 1 saturated heterocycles. The minimum Gasteiger partial charge on any atom is -0.463 e. The van der Waals surface area contributed by atoms with E-state index in [-0.39, 0.29) is 11.9 Å². The van der Waals surface area contributed by atoms with Gasteiger partial charge in [0, 0.05) is 11.7 Å². The van der Waals surface area contributed by atoms with Crippen molar-refractivity contribution >= 4 is 11.6 Å². The van der Waals surface area contributed by atoms with Gasteiger partial charge in [-0.05, 0) is 60.9 Å². The molecule has 0 aliphatic carbocycles. The largest absolute Gasteiger partial charge is 0.463 e. The van der Waals surface area contributed by atoms with E-state index in [9.17, 15) is 22.4 Å². The minimum absolute atomic E-state index is 0.121. The lowest BCUT2D eigenvalue weighted by molar-refractivity contribution is -0.137. The Bertz CT molecular complexity index is 1120. The zero-order chi connectivity index (χ0) is 24.3. The summed E-state index contributed by atoms with van der Waals surface area (Å²) in [5.41, 5.74) is 1.29. The van der Waals surface area contributed by atoms with E-state index in [4.69, 9.17) is 4.74 Å². The molecule has 8 heteroatoms. The second-order valence-electron chi connectivity index (χ2n) is 8.18. The molecule has 0 unspecified atom stereocenters. The van der Waals surface area contributed by atoms with Crippen molar-refractivity contribution in [2.24, 2.45) is 0 Å². The molecule has 34 heavy (non-hydrogen) atoms. The van der Waals surface area contributed by atoms with Crippen LogP contribution in [0.4, 0.5) is 23.2 Å². The number of anilines is 1. The van der Waals surface area contributed by atoms with Gasteiger partial charge in [-0.2, -0.15) is 13.2 Å². The van der Waals surface area contributed by atoms with Crippen LogP contribution in [0.1, 0.15) is 42.1 Å². The van der Waals surface area contributed by atoms with Crippen molar-refractivity contribution in [3.05, 3.63) is 95.6 Å². The van der Waals surface area contributed by atoms with E-state index in [0.29, 0.717) is 23.4 Å². The molecule has 4 rings (SSSR count). The Hall–Kier alpha value is -3.39. The highest BCUT2D eigenvalue weighted by molar-refractivity contribution is 6.00. The molecule has 1 N–H and O–H groups in total. The number of hydrogen-bond acceptors (Lipinski definition) is 3. The highest BCUT2D eigenvalue weighted by Crippen LogP contribution is 2.40. The number of nitrogens with zero attached hydrogens (tertiary/aromatic N) is 1. The van der Waals surface area contributed by atoms with Crippen LogP contribution in [0.3, 0.4) is 0 Å². The Morgan fingerprint density at radius 3 is 2.38 bits per heavy atom. The minimum atomic E-state index is -4.47. The van der Waals surface area contributed by atoms with Crippen molar-refractivity contribution in [1.82, 2.24) is 5.32 Å². The smallest absolute Gasteiger partial charge is 0.416 e. The molecule has 1 fully saturated rings. The Kier molecular flexibility index (Phi) is 6.88. The molecule has 0 saturated carbocycles. The second kappa shape index (κ2) is 9.85. The predicted molar refractivity (Wildman–Crippen MR) is 121 cm³/mol. The van der Waals surface area contributed by atoms with Crippen LogP contribution < -0.4 is 15.0 Å². The number of amides is 1. The van der Waals surface area contributed by atoms with Crippen molar-refractivity contribution in [2.75, 3.05) is 11.8 Å². The topological polar surface area (TPSA) is 41.6 Å². The number of hydrogen-bond donors (Lipinski definition) is 1. The zero-order valence-electron chi connectivity index (χ0n) is 18.4. The lowest BCUT2D eigenvalue weighted by Gasteiger charge is -2.26. The quantitative estimate of drug-likeness (QED) is 0.417. The maximum Gasteiger partial charge on any atom is 0.416 e. The maximum atomic E-state index is 13.5. The number of nitrogens with one attached hydrogen (secondary N) is 1. The van der Waals surface area contributed by atoms with Crippen molar-refractivity contribution in [1.29, 1.82) is 0 Å². The van der Waals surface area contributed by atoms with Gasteiger partial charge in [-0.1, -0.05) is 42.5 Å². The van der Waals surface area contributed by atoms with Gasteiger partial charge >= 0.3 is 6.18 Å². The predicted octanol–water partition coefficient (Wildman–Crippen LogP) is 6.21. The fraction of sp³-hybridized carbons (Fsp3) is 0.269. The van der Waals surface area contributed by atoms with Gasteiger partial charge in [0.1, 0.15) is 5.75 Å². The summed E-state index contributed by atoms with van der Waals surface area (Å²) in [5.74, 6) is 0.0678. The molecule has 1 heterocycles. The van der Waals surface area contributed by atoms with Crippen LogP contribution >= 0.6 is 0 Å². The second-order valence-corrected chi connectivity index (χ2v) is 8.18. The summed E-state index contributed by atoms with van der Waals surface area (Å²) in [7, 11) is 0. The van der Waals surface area contributed by atoms with Crippen molar-refractivity contribution in [3.63, 3.8) is 0 Å². The molecular weight excluding hydrogens is 447 g/mol. The van der Waals surface area contributed by atoms with E-state index in [1.165, 1.54) is 17.0 Å². The van der Waals surface area contributed by atoms with E-state index in [1.54, 1.807) is 24.3 Å². The molecule has 178 valence electrons. The Morgan fingerprint density at radius 2 is 1.74 bits per heavy atom. The van der Waals surface area contributed by atoms with Gasteiger partial charge in [0.05, 0.1) is 17.6 Å². The molecule has 0 spiro atoms. The number of carbonyl (C=O) groups is 1. The third kappa shape index (κ3) is 5.07. The first-order valence-corrected chi connectivity index (χ1v) is 10.9. The molecule has 0 aromatic heterocycles. The number of carbonyl (C=O) groups excluding carboxylic acids is 1. The SMILES string of the molecule is C[C@@H](N[C@@H]1C[C@H](c2cccc(OC[18F])c2)N(c2ccc(C(F)(F)F)cc2)C1=O)c1ccccc1. The molecule has 0 radical (unpaired) electrons. The average molecular weight is 471 g/mol. The number of halogens is 4. The van der Waals surface area contributed by atoms with Crippen LogP contribution in [0.5, 0.6) is 5.75 Å². The van der Waals surface area contributed by atoms with E-state index < -0.39 is 30.7 Å². The molecule has 4 nitrogen and oxygen atoms in total. The van der Waals surface area contributed by atoms with E-state index in [2.05, 4.69) is 5.32 Å². The lowest BCUT2D eigenvalue weighted by Crippen LogP contribution is -2.39. The number of benzene rings is 3. The first kappa shape index (κ1) is 23.8. The average Bonchev–Trinajstić information content (AvgIpc) is 3.15. The Balaban J connectivity index is 1.66. The molecule has 1 aliphatic rings. The van der Waals surface area contributed by atoms with Crippen molar-refractivity contribution in [2.45, 2.75) is 37.6 Å². The van der Waals surface area contributed by atoms with Crippen LogP contribution in [0.2, 0.25) is 0 Å². The van der Waals surface area contributed by atoms with Gasteiger partial charge in [-0.15, -0.1) is 0 Å². The van der Waals surface area contributed by atoms with Crippen LogP contribution in [-0.2, 0) is 11.0 Å². The highest BCUT2D eigenvalue weighted by atomic mass is 19.4. The first-order chi connectivity index (χ1) is 16.3. The third-order valence-corrected chi connectivity index (χ3v) is 5.99. The van der Waals surface area contributed by atoms with Crippen LogP contribution in [0.25, 0.3) is 0 Å². The number of ether oxygens (including phenoxy) is 1. The summed E-state index contributed by atoms with van der Waals surface area (Å²) >= 11 is 0. The van der Waals surface area contributed by atoms with Gasteiger partial charge in [0.2, 0.25) is 12.8 Å². The summed E-state index contributed by atoms with van der Waals surface area (Å²) in [6.07, 6.45) is -4.09. The Labute approximate surface area is 195 Å². The molecule has 3 atom stereocenters. The Morgan fingerprint density at radius 1 is 1.03 bits per heavy atom. The zero-order valence-corrected chi connectivity index (χ0v) is 18.4. The summed E-state index contributed by atoms with van der Waals surface area (Å²) < 4.78 is 56.9. The van der Waals surface area contributed by atoms with Gasteiger partial charge in [0.25, 0.3) is 0 Å². The number of alkyl halides is 4. The van der Waals surface area contributed by atoms with E-state index >= 15 is 0 Å². The highest BCUT2D eigenvalue weighted by Gasteiger charge is 2.42. The lowest BCUT2D eigenvalue weighted by atomic mass is 10.0. The van der Waals surface area contributed by atoms with E-state index in [1.807, 2.05) is 37.3 Å². The van der Waals surface area contributed by atoms with Crippen molar-refractivity contribution in [3.8, 4) is 5.75 Å².